The second-order valence-corrected chi connectivity index (χ2v) is 4.75. The number of hydrogen-bond acceptors (Lipinski definition) is 4. The molecule has 1 aliphatic rings. The summed E-state index contributed by atoms with van der Waals surface area (Å²) in [6, 6.07) is 0.939. The van der Waals surface area contributed by atoms with Crippen molar-refractivity contribution in [2.75, 3.05) is 19.6 Å². The molecule has 20 heavy (non-hydrogen) atoms. The second-order valence-electron chi connectivity index (χ2n) is 4.75. The van der Waals surface area contributed by atoms with E-state index in [4.69, 9.17) is 0 Å². The number of piperazine rings is 1. The molecular formula is C13H20N4O3. The molecule has 0 aromatic carbocycles. The van der Waals surface area contributed by atoms with Gasteiger partial charge in [-0.25, -0.2) is 4.79 Å². The van der Waals surface area contributed by atoms with E-state index in [-0.39, 0.29) is 12.5 Å². The van der Waals surface area contributed by atoms with E-state index < -0.39 is 12.0 Å². The van der Waals surface area contributed by atoms with Crippen LogP contribution in [0.15, 0.2) is 6.07 Å². The van der Waals surface area contributed by atoms with Gasteiger partial charge in [0.1, 0.15) is 11.7 Å². The van der Waals surface area contributed by atoms with E-state index in [9.17, 15) is 14.7 Å². The molecule has 2 N–H and O–H groups in total. The smallest absolute Gasteiger partial charge is 0.327 e. The molecule has 110 valence electrons. The van der Waals surface area contributed by atoms with Gasteiger partial charge in [0.25, 0.3) is 5.91 Å². The minimum atomic E-state index is -0.983. The van der Waals surface area contributed by atoms with Crippen LogP contribution in [-0.4, -0.2) is 57.3 Å². The summed E-state index contributed by atoms with van der Waals surface area (Å²) in [4.78, 5) is 25.3. The van der Waals surface area contributed by atoms with E-state index in [0.717, 1.165) is 12.1 Å². The number of carbonyl (C=O) groups is 2. The molecule has 1 atom stereocenters. The van der Waals surface area contributed by atoms with Crippen molar-refractivity contribution < 1.29 is 14.7 Å². The highest BCUT2D eigenvalue weighted by molar-refractivity contribution is 5.95. The van der Waals surface area contributed by atoms with E-state index in [1.807, 2.05) is 13.8 Å². The molecule has 1 amide bonds. The second kappa shape index (κ2) is 6.04. The number of aromatic nitrogens is 2. The first-order chi connectivity index (χ1) is 9.58. The first-order valence-corrected chi connectivity index (χ1v) is 6.89. The highest BCUT2D eigenvalue weighted by Crippen LogP contribution is 2.13. The summed E-state index contributed by atoms with van der Waals surface area (Å²) in [5.41, 5.74) is 1.31. The molecule has 0 aliphatic carbocycles. The molecule has 0 radical (unpaired) electrons. The lowest BCUT2D eigenvalue weighted by Crippen LogP contribution is -2.57. The zero-order valence-corrected chi connectivity index (χ0v) is 11.8. The fraction of sp³-hybridized carbons (Fsp3) is 0.615. The number of rotatable bonds is 4. The number of amides is 1. The van der Waals surface area contributed by atoms with Crippen LogP contribution in [0.5, 0.6) is 0 Å². The van der Waals surface area contributed by atoms with Gasteiger partial charge in [-0.05, 0) is 19.4 Å². The molecule has 1 fully saturated rings. The van der Waals surface area contributed by atoms with Crippen LogP contribution in [0.25, 0.3) is 0 Å². The molecule has 7 nitrogen and oxygen atoms in total. The fourth-order valence-corrected chi connectivity index (χ4v) is 2.37. The molecular weight excluding hydrogens is 260 g/mol. The highest BCUT2D eigenvalue weighted by Gasteiger charge is 2.33. The van der Waals surface area contributed by atoms with Gasteiger partial charge in [-0.3, -0.25) is 9.48 Å². The first-order valence-electron chi connectivity index (χ1n) is 6.89. The van der Waals surface area contributed by atoms with Gasteiger partial charge in [-0.2, -0.15) is 5.10 Å². The predicted octanol–water partition coefficient (Wildman–Crippen LogP) is -0.0360. The maximum absolute atomic E-state index is 12.6. The Balaban J connectivity index is 2.29. The molecule has 0 spiro atoms. The minimum Gasteiger partial charge on any atom is -0.480 e. The monoisotopic (exact) mass is 280 g/mol. The third kappa shape index (κ3) is 2.67. The van der Waals surface area contributed by atoms with Crippen LogP contribution in [0.1, 0.15) is 30.0 Å². The van der Waals surface area contributed by atoms with Gasteiger partial charge >= 0.3 is 5.97 Å². The van der Waals surface area contributed by atoms with Crippen LogP contribution in [0, 0.1) is 0 Å². The van der Waals surface area contributed by atoms with E-state index in [2.05, 4.69) is 10.4 Å². The molecule has 1 aliphatic heterocycles. The summed E-state index contributed by atoms with van der Waals surface area (Å²) in [7, 11) is 0. The summed E-state index contributed by atoms with van der Waals surface area (Å²) in [5.74, 6) is -1.24. The zero-order chi connectivity index (χ0) is 14.7. The maximum atomic E-state index is 12.6. The van der Waals surface area contributed by atoms with Crippen LogP contribution in [0.2, 0.25) is 0 Å². The Morgan fingerprint density at radius 2 is 2.25 bits per heavy atom. The highest BCUT2D eigenvalue weighted by atomic mass is 16.4. The largest absolute Gasteiger partial charge is 0.480 e. The van der Waals surface area contributed by atoms with Crippen LogP contribution in [0.4, 0.5) is 0 Å². The molecule has 0 saturated carbocycles. The van der Waals surface area contributed by atoms with Gasteiger partial charge in [0.05, 0.1) is 5.69 Å². The third-order valence-corrected chi connectivity index (χ3v) is 3.50. The minimum absolute atomic E-state index is 0.257. The number of hydrogen-bond donors (Lipinski definition) is 2. The van der Waals surface area contributed by atoms with Crippen molar-refractivity contribution in [2.45, 2.75) is 32.9 Å². The van der Waals surface area contributed by atoms with Gasteiger partial charge in [0, 0.05) is 26.2 Å². The molecule has 1 saturated heterocycles. The molecule has 1 aromatic heterocycles. The molecule has 0 bridgehead atoms. The molecule has 2 heterocycles. The van der Waals surface area contributed by atoms with Gasteiger partial charge in [0.15, 0.2) is 0 Å². The van der Waals surface area contributed by atoms with Crippen molar-refractivity contribution in [2.24, 2.45) is 0 Å². The van der Waals surface area contributed by atoms with Gasteiger partial charge in [-0.1, -0.05) is 6.92 Å². The van der Waals surface area contributed by atoms with E-state index in [1.165, 1.54) is 4.90 Å². The van der Waals surface area contributed by atoms with Crippen molar-refractivity contribution in [1.29, 1.82) is 0 Å². The average Bonchev–Trinajstić information content (AvgIpc) is 2.89. The average molecular weight is 280 g/mol. The summed E-state index contributed by atoms with van der Waals surface area (Å²) in [5, 5.41) is 16.6. The number of nitrogens with one attached hydrogen (secondary N) is 1. The third-order valence-electron chi connectivity index (χ3n) is 3.50. The Morgan fingerprint density at radius 3 is 2.85 bits per heavy atom. The summed E-state index contributed by atoms with van der Waals surface area (Å²) in [6.45, 7) is 5.76. The normalized spacial score (nSPS) is 19.1. The molecule has 1 unspecified atom stereocenters. The van der Waals surface area contributed by atoms with Crippen molar-refractivity contribution in [3.63, 3.8) is 0 Å². The number of carboxylic acid groups (broad SMARTS) is 1. The van der Waals surface area contributed by atoms with E-state index >= 15 is 0 Å². The van der Waals surface area contributed by atoms with Crippen molar-refractivity contribution in [3.05, 3.63) is 17.5 Å². The predicted molar refractivity (Wildman–Crippen MR) is 72.6 cm³/mol. The van der Waals surface area contributed by atoms with Gasteiger partial charge in [0.2, 0.25) is 0 Å². The quantitative estimate of drug-likeness (QED) is 0.808. The summed E-state index contributed by atoms with van der Waals surface area (Å²) < 4.78 is 1.64. The number of aliphatic carboxylic acids is 1. The summed E-state index contributed by atoms with van der Waals surface area (Å²) >= 11 is 0. The van der Waals surface area contributed by atoms with Crippen molar-refractivity contribution >= 4 is 11.9 Å². The van der Waals surface area contributed by atoms with E-state index in [1.54, 1.807) is 10.7 Å². The number of carbonyl (C=O) groups excluding carboxylic acids is 1. The lowest BCUT2D eigenvalue weighted by molar-refractivity contribution is -0.142. The zero-order valence-electron chi connectivity index (χ0n) is 11.8. The Labute approximate surface area is 117 Å². The van der Waals surface area contributed by atoms with Crippen LogP contribution in [0.3, 0.4) is 0 Å². The Kier molecular flexibility index (Phi) is 4.39. The van der Waals surface area contributed by atoms with Crippen molar-refractivity contribution in [1.82, 2.24) is 20.0 Å². The van der Waals surface area contributed by atoms with Gasteiger partial charge < -0.3 is 15.3 Å². The standard InChI is InChI=1S/C13H20N4O3/c1-3-9-7-10(17(4-2)15-9)12(18)16-6-5-14-8-11(16)13(19)20/h7,11,14H,3-6,8H2,1-2H3,(H,19,20). The number of aryl methyl sites for hydroxylation is 2. The fourth-order valence-electron chi connectivity index (χ4n) is 2.37. The van der Waals surface area contributed by atoms with Crippen LogP contribution < -0.4 is 5.32 Å². The van der Waals surface area contributed by atoms with Crippen LogP contribution in [-0.2, 0) is 17.8 Å². The Morgan fingerprint density at radius 1 is 1.50 bits per heavy atom. The summed E-state index contributed by atoms with van der Waals surface area (Å²) in [6.07, 6.45) is 0.747. The Bertz CT molecular complexity index is 512. The Hall–Kier alpha value is -1.89. The maximum Gasteiger partial charge on any atom is 0.327 e. The number of carboxylic acids is 1. The van der Waals surface area contributed by atoms with Crippen LogP contribution >= 0.6 is 0 Å². The molecule has 1 aromatic rings. The molecule has 7 heteroatoms. The lowest BCUT2D eigenvalue weighted by atomic mass is 10.1. The number of nitrogens with zero attached hydrogens (tertiary/aromatic N) is 3. The van der Waals surface area contributed by atoms with Crippen molar-refractivity contribution in [3.8, 4) is 0 Å². The topological polar surface area (TPSA) is 87.5 Å². The van der Waals surface area contributed by atoms with Gasteiger partial charge in [-0.15, -0.1) is 0 Å². The van der Waals surface area contributed by atoms with E-state index in [0.29, 0.717) is 25.3 Å². The first kappa shape index (κ1) is 14.5. The lowest BCUT2D eigenvalue weighted by Gasteiger charge is -2.33. The SMILES string of the molecule is CCc1cc(C(=O)N2CCNCC2C(=O)O)n(CC)n1. The molecule has 2 rings (SSSR count).